The van der Waals surface area contributed by atoms with E-state index >= 15 is 0 Å². The summed E-state index contributed by atoms with van der Waals surface area (Å²) in [6.45, 7) is 1.09. The van der Waals surface area contributed by atoms with Gasteiger partial charge in [0.25, 0.3) is 0 Å². The van der Waals surface area contributed by atoms with Crippen LogP contribution >= 0.6 is 0 Å². The normalized spacial score (nSPS) is 16.8. The minimum Gasteiger partial charge on any atom is -0.390 e. The largest absolute Gasteiger partial charge is 0.390 e. The molecule has 0 spiro atoms. The summed E-state index contributed by atoms with van der Waals surface area (Å²) in [7, 11) is 1.77. The van der Waals surface area contributed by atoms with Crippen LogP contribution in [0.3, 0.4) is 0 Å². The highest BCUT2D eigenvalue weighted by Crippen LogP contribution is 2.31. The van der Waals surface area contributed by atoms with Crippen LogP contribution in [0.5, 0.6) is 0 Å². The molecular weight excluding hydrogens is 276 g/mol. The van der Waals surface area contributed by atoms with E-state index in [0.29, 0.717) is 19.5 Å². The van der Waals surface area contributed by atoms with Crippen LogP contribution in [0.25, 0.3) is 6.08 Å². The molecule has 1 aliphatic carbocycles. The fraction of sp³-hybridized carbons (Fsp3) is 0.500. The number of carbonyl (C=O) groups excluding carboxylic acids is 1. The topological polar surface area (TPSA) is 52.6 Å². The fourth-order valence-corrected chi connectivity index (χ4v) is 2.81. The molecule has 1 fully saturated rings. The maximum Gasteiger partial charge on any atom is 0.317 e. The zero-order valence-electron chi connectivity index (χ0n) is 13.3. The summed E-state index contributed by atoms with van der Waals surface area (Å²) >= 11 is 0. The predicted molar refractivity (Wildman–Crippen MR) is 89.5 cm³/mol. The van der Waals surface area contributed by atoms with Gasteiger partial charge in [-0.1, -0.05) is 55.3 Å². The SMILES string of the molecule is CN(CC=Cc1ccccc1)C(=O)NCCC1(O)CCCC1. The average Bonchev–Trinajstić information content (AvgIpc) is 2.95. The van der Waals surface area contributed by atoms with Crippen LogP contribution < -0.4 is 5.32 Å². The molecule has 4 heteroatoms. The van der Waals surface area contributed by atoms with E-state index in [-0.39, 0.29) is 6.03 Å². The number of urea groups is 1. The molecule has 120 valence electrons. The summed E-state index contributed by atoms with van der Waals surface area (Å²) < 4.78 is 0. The molecule has 0 atom stereocenters. The molecule has 1 aromatic rings. The third-order valence-corrected chi connectivity index (χ3v) is 4.24. The van der Waals surface area contributed by atoms with Gasteiger partial charge in [-0.05, 0) is 24.8 Å². The molecule has 1 saturated carbocycles. The van der Waals surface area contributed by atoms with Crippen molar-refractivity contribution in [2.45, 2.75) is 37.7 Å². The maximum atomic E-state index is 12.0. The molecule has 0 saturated heterocycles. The van der Waals surface area contributed by atoms with Crippen molar-refractivity contribution in [1.29, 1.82) is 0 Å². The highest BCUT2D eigenvalue weighted by Gasteiger charge is 2.30. The van der Waals surface area contributed by atoms with Crippen LogP contribution in [0.15, 0.2) is 36.4 Å². The Bertz CT molecular complexity index is 493. The number of aliphatic hydroxyl groups is 1. The quantitative estimate of drug-likeness (QED) is 0.848. The molecule has 0 radical (unpaired) electrons. The molecule has 0 bridgehead atoms. The zero-order chi connectivity index (χ0) is 15.8. The minimum atomic E-state index is -0.556. The van der Waals surface area contributed by atoms with Gasteiger partial charge in [0, 0.05) is 20.1 Å². The van der Waals surface area contributed by atoms with Gasteiger partial charge >= 0.3 is 6.03 Å². The summed E-state index contributed by atoms with van der Waals surface area (Å²) in [6.07, 6.45) is 8.52. The Morgan fingerprint density at radius 1 is 1.32 bits per heavy atom. The summed E-state index contributed by atoms with van der Waals surface area (Å²) in [5, 5.41) is 13.1. The Hall–Kier alpha value is -1.81. The lowest BCUT2D eigenvalue weighted by molar-refractivity contribution is 0.0396. The first-order chi connectivity index (χ1) is 10.6. The van der Waals surface area contributed by atoms with Crippen LogP contribution in [0.1, 0.15) is 37.7 Å². The van der Waals surface area contributed by atoms with Crippen molar-refractivity contribution < 1.29 is 9.90 Å². The smallest absolute Gasteiger partial charge is 0.317 e. The summed E-state index contributed by atoms with van der Waals surface area (Å²) in [4.78, 5) is 13.6. The van der Waals surface area contributed by atoms with Crippen LogP contribution in [-0.4, -0.2) is 41.8 Å². The number of carbonyl (C=O) groups is 1. The number of nitrogens with zero attached hydrogens (tertiary/aromatic N) is 1. The number of hydrogen-bond acceptors (Lipinski definition) is 2. The highest BCUT2D eigenvalue weighted by molar-refractivity contribution is 5.74. The molecule has 2 N–H and O–H groups in total. The van der Waals surface area contributed by atoms with E-state index in [2.05, 4.69) is 5.32 Å². The Morgan fingerprint density at radius 3 is 2.68 bits per heavy atom. The van der Waals surface area contributed by atoms with Crippen molar-refractivity contribution in [1.82, 2.24) is 10.2 Å². The minimum absolute atomic E-state index is 0.0979. The van der Waals surface area contributed by atoms with Crippen molar-refractivity contribution in [2.75, 3.05) is 20.1 Å². The first kappa shape index (κ1) is 16.6. The molecule has 0 aromatic heterocycles. The lowest BCUT2D eigenvalue weighted by atomic mass is 9.98. The Balaban J connectivity index is 1.67. The number of hydrogen-bond donors (Lipinski definition) is 2. The number of nitrogens with one attached hydrogen (secondary N) is 1. The molecule has 2 amide bonds. The third kappa shape index (κ3) is 5.19. The molecule has 1 aromatic carbocycles. The van der Waals surface area contributed by atoms with Gasteiger partial charge in [-0.15, -0.1) is 0 Å². The van der Waals surface area contributed by atoms with Gasteiger partial charge in [0.15, 0.2) is 0 Å². The summed E-state index contributed by atoms with van der Waals surface area (Å²) in [6, 6.07) is 9.92. The standard InChI is InChI=1S/C18H26N2O2/c1-20(15-7-10-16-8-3-2-4-9-16)17(21)19-14-13-18(22)11-5-6-12-18/h2-4,7-10,22H,5-6,11-15H2,1H3,(H,19,21). The molecule has 0 heterocycles. The number of amides is 2. The van der Waals surface area contributed by atoms with E-state index in [1.807, 2.05) is 42.5 Å². The van der Waals surface area contributed by atoms with E-state index in [4.69, 9.17) is 0 Å². The fourth-order valence-electron chi connectivity index (χ4n) is 2.81. The molecule has 0 unspecified atom stereocenters. The Morgan fingerprint density at radius 2 is 2.00 bits per heavy atom. The first-order valence-electron chi connectivity index (χ1n) is 8.02. The van der Waals surface area contributed by atoms with E-state index < -0.39 is 5.60 Å². The molecule has 22 heavy (non-hydrogen) atoms. The van der Waals surface area contributed by atoms with E-state index in [1.165, 1.54) is 0 Å². The lowest BCUT2D eigenvalue weighted by Crippen LogP contribution is -2.40. The second-order valence-corrected chi connectivity index (χ2v) is 6.11. The van der Waals surface area contributed by atoms with Crippen molar-refractivity contribution in [2.24, 2.45) is 0 Å². The van der Waals surface area contributed by atoms with E-state index in [1.54, 1.807) is 11.9 Å². The van der Waals surface area contributed by atoms with Crippen LogP contribution in [-0.2, 0) is 0 Å². The van der Waals surface area contributed by atoms with Gasteiger partial charge in [0.05, 0.1) is 5.60 Å². The Kier molecular flexibility index (Phi) is 6.01. The van der Waals surface area contributed by atoms with Gasteiger partial charge in [-0.3, -0.25) is 0 Å². The van der Waals surface area contributed by atoms with Crippen molar-refractivity contribution >= 4 is 12.1 Å². The predicted octanol–water partition coefficient (Wildman–Crippen LogP) is 3.04. The monoisotopic (exact) mass is 302 g/mol. The maximum absolute atomic E-state index is 12.0. The van der Waals surface area contributed by atoms with Crippen molar-refractivity contribution in [3.63, 3.8) is 0 Å². The van der Waals surface area contributed by atoms with Gasteiger partial charge < -0.3 is 15.3 Å². The van der Waals surface area contributed by atoms with E-state index in [0.717, 1.165) is 31.2 Å². The summed E-state index contributed by atoms with van der Waals surface area (Å²) in [5.74, 6) is 0. The van der Waals surface area contributed by atoms with Gasteiger partial charge in [0.2, 0.25) is 0 Å². The van der Waals surface area contributed by atoms with Crippen molar-refractivity contribution in [3.8, 4) is 0 Å². The van der Waals surface area contributed by atoms with Crippen LogP contribution in [0.4, 0.5) is 4.79 Å². The van der Waals surface area contributed by atoms with Gasteiger partial charge in [-0.2, -0.15) is 0 Å². The molecule has 0 aliphatic heterocycles. The van der Waals surface area contributed by atoms with Crippen LogP contribution in [0, 0.1) is 0 Å². The van der Waals surface area contributed by atoms with Crippen LogP contribution in [0.2, 0.25) is 0 Å². The molecule has 2 rings (SSSR count). The van der Waals surface area contributed by atoms with Crippen molar-refractivity contribution in [3.05, 3.63) is 42.0 Å². The third-order valence-electron chi connectivity index (χ3n) is 4.24. The second kappa shape index (κ2) is 7.99. The summed E-state index contributed by atoms with van der Waals surface area (Å²) in [5.41, 5.74) is 0.568. The first-order valence-corrected chi connectivity index (χ1v) is 8.02. The number of rotatable bonds is 6. The zero-order valence-corrected chi connectivity index (χ0v) is 13.3. The van der Waals surface area contributed by atoms with Gasteiger partial charge in [-0.25, -0.2) is 4.79 Å². The van der Waals surface area contributed by atoms with Gasteiger partial charge in [0.1, 0.15) is 0 Å². The number of benzene rings is 1. The number of likely N-dealkylation sites (N-methyl/N-ethyl adjacent to an activating group) is 1. The Labute approximate surface area is 132 Å². The van der Waals surface area contributed by atoms with E-state index in [9.17, 15) is 9.90 Å². The molecule has 4 nitrogen and oxygen atoms in total. The molecular formula is C18H26N2O2. The molecule has 1 aliphatic rings. The average molecular weight is 302 g/mol. The lowest BCUT2D eigenvalue weighted by Gasteiger charge is -2.23. The second-order valence-electron chi connectivity index (χ2n) is 6.11. The highest BCUT2D eigenvalue weighted by atomic mass is 16.3.